The Bertz CT molecular complexity index is 1710. The van der Waals surface area contributed by atoms with Gasteiger partial charge in [-0.2, -0.15) is 0 Å². The smallest absolute Gasteiger partial charge is 0.223 e. The molecule has 1 amide bonds. The van der Waals surface area contributed by atoms with Crippen molar-refractivity contribution in [1.82, 2.24) is 14.9 Å². The molecular weight excluding hydrogens is 594 g/mol. The topological polar surface area (TPSA) is 55.5 Å². The fourth-order valence-electron chi connectivity index (χ4n) is 7.78. The molecule has 0 bridgehead atoms. The maximum atomic E-state index is 15.7. The van der Waals surface area contributed by atoms with Gasteiger partial charge in [0, 0.05) is 49.9 Å². The number of H-pyrrole nitrogens is 1. The number of anilines is 2. The number of carbonyl (C=O) groups is 1. The normalized spacial score (nSPS) is 20.8. The van der Waals surface area contributed by atoms with Gasteiger partial charge in [0.2, 0.25) is 5.91 Å². The number of amides is 1. The fraction of sp³-hybridized carbons (Fsp3) is 0.444. The number of hydrogen-bond donors (Lipinski definition) is 1. The predicted molar refractivity (Wildman–Crippen MR) is 171 cm³/mol. The Hall–Kier alpha value is -4.08. The quantitative estimate of drug-likeness (QED) is 0.208. The second-order valence-corrected chi connectivity index (χ2v) is 12.9. The summed E-state index contributed by atoms with van der Waals surface area (Å²) in [5.41, 5.74) is 3.04. The molecule has 46 heavy (non-hydrogen) atoms. The van der Waals surface area contributed by atoms with Gasteiger partial charge in [-0.1, -0.05) is 19.1 Å². The highest BCUT2D eigenvalue weighted by Gasteiger charge is 2.34. The van der Waals surface area contributed by atoms with Crippen LogP contribution in [0.4, 0.5) is 28.9 Å². The summed E-state index contributed by atoms with van der Waals surface area (Å²) in [6.07, 6.45) is 5.81. The highest BCUT2D eigenvalue weighted by Crippen LogP contribution is 2.42. The minimum Gasteiger partial charge on any atom is -0.367 e. The van der Waals surface area contributed by atoms with E-state index < -0.39 is 17.5 Å². The van der Waals surface area contributed by atoms with Crippen LogP contribution in [0.2, 0.25) is 0 Å². The van der Waals surface area contributed by atoms with Gasteiger partial charge in [0.05, 0.1) is 23.1 Å². The average Bonchev–Trinajstić information content (AvgIpc) is 3.81. The molecule has 6 nitrogen and oxygen atoms in total. The highest BCUT2D eigenvalue weighted by atomic mass is 19.1. The lowest BCUT2D eigenvalue weighted by Crippen LogP contribution is -2.34. The first-order chi connectivity index (χ1) is 22.3. The number of carbonyl (C=O) groups excluding carboxylic acids is 1. The van der Waals surface area contributed by atoms with Gasteiger partial charge >= 0.3 is 0 Å². The second-order valence-electron chi connectivity index (χ2n) is 12.9. The summed E-state index contributed by atoms with van der Waals surface area (Å²) >= 11 is 0. The van der Waals surface area contributed by atoms with Gasteiger partial charge in [0.25, 0.3) is 0 Å². The molecule has 10 heteroatoms. The van der Waals surface area contributed by atoms with Gasteiger partial charge in [-0.15, -0.1) is 0 Å². The number of hydrogen-bond acceptors (Lipinski definition) is 4. The Labute approximate surface area is 266 Å². The summed E-state index contributed by atoms with van der Waals surface area (Å²) in [4.78, 5) is 26.2. The summed E-state index contributed by atoms with van der Waals surface area (Å²) in [5, 5.41) is 0. The number of benzene rings is 3. The van der Waals surface area contributed by atoms with Crippen LogP contribution in [0.3, 0.4) is 0 Å². The molecule has 242 valence electrons. The van der Waals surface area contributed by atoms with E-state index in [0.717, 1.165) is 31.2 Å². The van der Waals surface area contributed by atoms with E-state index in [1.807, 2.05) is 16.7 Å². The van der Waals surface area contributed by atoms with Crippen molar-refractivity contribution in [3.8, 4) is 0 Å². The monoisotopic (exact) mass is 633 g/mol. The zero-order chi connectivity index (χ0) is 31.9. The second kappa shape index (κ2) is 12.6. The third kappa shape index (κ3) is 5.71. The Morgan fingerprint density at radius 2 is 1.54 bits per heavy atom. The van der Waals surface area contributed by atoms with Gasteiger partial charge in [0.1, 0.15) is 23.1 Å². The van der Waals surface area contributed by atoms with Crippen LogP contribution < -0.4 is 9.80 Å². The van der Waals surface area contributed by atoms with Crippen LogP contribution in [0.25, 0.3) is 11.0 Å². The number of piperidine rings is 1. The third-order valence-electron chi connectivity index (χ3n) is 10.1. The minimum absolute atomic E-state index is 0.0342. The molecule has 3 fully saturated rings. The van der Waals surface area contributed by atoms with Crippen LogP contribution in [0, 0.1) is 23.3 Å². The minimum atomic E-state index is -0.631. The van der Waals surface area contributed by atoms with Crippen LogP contribution in [-0.4, -0.2) is 47.0 Å². The van der Waals surface area contributed by atoms with Gasteiger partial charge in [-0.05, 0) is 86.8 Å². The van der Waals surface area contributed by atoms with Crippen molar-refractivity contribution < 1.29 is 22.4 Å². The molecule has 0 aliphatic carbocycles. The maximum absolute atomic E-state index is 15.7. The SMILES string of the molecule is CCCC(=O)N1CCC[C@H]1c1nc2cc(F)c([C@H]3CCCN3c3cc(F)c(N4CCC(c5ccc(F)cc5)CC4)c(F)c3)cc2[nH]1. The first kappa shape index (κ1) is 30.6. The van der Waals surface area contributed by atoms with Crippen molar-refractivity contribution in [2.45, 2.75) is 76.3 Å². The molecule has 2 atom stereocenters. The summed E-state index contributed by atoms with van der Waals surface area (Å²) in [6.45, 7) is 4.21. The molecule has 3 aliphatic heterocycles. The van der Waals surface area contributed by atoms with Gasteiger partial charge < -0.3 is 19.7 Å². The molecule has 3 aromatic carbocycles. The fourth-order valence-corrected chi connectivity index (χ4v) is 7.78. The number of aromatic nitrogens is 2. The van der Waals surface area contributed by atoms with Crippen LogP contribution in [-0.2, 0) is 4.79 Å². The molecule has 0 unspecified atom stereocenters. The number of rotatable bonds is 7. The highest BCUT2D eigenvalue weighted by molar-refractivity contribution is 5.79. The van der Waals surface area contributed by atoms with Crippen LogP contribution in [0.1, 0.15) is 93.2 Å². The first-order valence-electron chi connectivity index (χ1n) is 16.5. The van der Waals surface area contributed by atoms with E-state index in [2.05, 4.69) is 9.97 Å². The first-order valence-corrected chi connectivity index (χ1v) is 16.5. The lowest BCUT2D eigenvalue weighted by molar-refractivity contribution is -0.132. The van der Waals surface area contributed by atoms with E-state index >= 15 is 13.2 Å². The van der Waals surface area contributed by atoms with Gasteiger partial charge in [0.15, 0.2) is 11.6 Å². The van der Waals surface area contributed by atoms with E-state index in [-0.39, 0.29) is 35.4 Å². The molecule has 3 aliphatic rings. The largest absolute Gasteiger partial charge is 0.367 e. The molecule has 1 N–H and O–H groups in total. The van der Waals surface area contributed by atoms with Crippen LogP contribution in [0.15, 0.2) is 48.5 Å². The predicted octanol–water partition coefficient (Wildman–Crippen LogP) is 8.31. The third-order valence-corrected chi connectivity index (χ3v) is 10.1. The molecule has 4 aromatic rings. The van der Waals surface area contributed by atoms with Crippen molar-refractivity contribution in [1.29, 1.82) is 0 Å². The van der Waals surface area contributed by atoms with Crippen molar-refractivity contribution in [2.75, 3.05) is 36.0 Å². The number of fused-ring (bicyclic) bond motifs is 1. The maximum Gasteiger partial charge on any atom is 0.223 e. The van der Waals surface area contributed by atoms with Crippen LogP contribution >= 0.6 is 0 Å². The number of nitrogens with zero attached hydrogens (tertiary/aromatic N) is 4. The van der Waals surface area contributed by atoms with Gasteiger partial charge in [-0.25, -0.2) is 22.5 Å². The Morgan fingerprint density at radius 1 is 0.848 bits per heavy atom. The molecular formula is C36H39F4N5O. The number of likely N-dealkylation sites (tertiary alicyclic amines) is 1. The van der Waals surface area contributed by atoms with E-state index in [4.69, 9.17) is 0 Å². The summed E-state index contributed by atoms with van der Waals surface area (Å²) in [7, 11) is 0. The van der Waals surface area contributed by atoms with Crippen molar-refractivity contribution >= 4 is 28.3 Å². The molecule has 0 radical (unpaired) electrons. The summed E-state index contributed by atoms with van der Waals surface area (Å²) in [5.74, 6) is -0.961. The molecule has 3 saturated heterocycles. The Morgan fingerprint density at radius 3 is 2.26 bits per heavy atom. The molecule has 7 rings (SSSR count). The Kier molecular flexibility index (Phi) is 8.38. The zero-order valence-corrected chi connectivity index (χ0v) is 26.0. The molecule has 4 heterocycles. The van der Waals surface area contributed by atoms with Crippen molar-refractivity contribution in [3.05, 3.63) is 88.8 Å². The van der Waals surface area contributed by atoms with Crippen LogP contribution in [0.5, 0.6) is 0 Å². The lowest BCUT2D eigenvalue weighted by atomic mass is 9.89. The summed E-state index contributed by atoms with van der Waals surface area (Å²) in [6, 6.07) is 11.9. The molecule has 0 spiro atoms. The lowest BCUT2D eigenvalue weighted by Gasteiger charge is -2.35. The number of aromatic amines is 1. The molecule has 0 saturated carbocycles. The number of halogens is 4. The van der Waals surface area contributed by atoms with E-state index in [1.165, 1.54) is 30.3 Å². The number of nitrogens with one attached hydrogen (secondary N) is 1. The summed E-state index contributed by atoms with van der Waals surface area (Å²) < 4.78 is 60.3. The van der Waals surface area contributed by atoms with Crippen molar-refractivity contribution in [3.63, 3.8) is 0 Å². The van der Waals surface area contributed by atoms with E-state index in [1.54, 1.807) is 23.1 Å². The van der Waals surface area contributed by atoms with E-state index in [0.29, 0.717) is 80.0 Å². The van der Waals surface area contributed by atoms with E-state index in [9.17, 15) is 9.18 Å². The van der Waals surface area contributed by atoms with Gasteiger partial charge in [-0.3, -0.25) is 4.79 Å². The van der Waals surface area contributed by atoms with Crippen molar-refractivity contribution in [2.24, 2.45) is 0 Å². The molecule has 1 aromatic heterocycles. The average molecular weight is 634 g/mol. The number of imidazole rings is 1. The standard InChI is InChI=1S/C36H39F4N5O/c1-2-5-34(46)45-15-4-7-33(45)36-41-30-20-26(27(38)21-31(30)42-36)32-6-3-14-44(32)25-18-28(39)35(29(40)19-25)43-16-12-23(13-17-43)22-8-10-24(37)11-9-22/h8-11,18-21,23,32-33H,2-7,12-17H2,1H3,(H,41,42)/t32-,33+/m1/s1. The zero-order valence-electron chi connectivity index (χ0n) is 26.0. The Balaban J connectivity index is 1.10.